The Labute approximate surface area is 148 Å². The smallest absolute Gasteiger partial charge is 0.201 e. The molecule has 1 aliphatic rings. The molecule has 0 saturated heterocycles. The average Bonchev–Trinajstić information content (AvgIpc) is 2.62. The van der Waals surface area contributed by atoms with Crippen LogP contribution < -0.4 is 19.5 Å². The molecule has 0 amide bonds. The van der Waals surface area contributed by atoms with Crippen LogP contribution in [0, 0.1) is 0 Å². The number of thiol groups is 1. The maximum absolute atomic E-state index is 10.8. The minimum absolute atomic E-state index is 0.0330. The summed E-state index contributed by atoms with van der Waals surface area (Å²) in [6.07, 6.45) is 4.88. The van der Waals surface area contributed by atoms with Gasteiger partial charge in [0, 0.05) is 23.5 Å². The number of ether oxygens (including phenoxy) is 2. The van der Waals surface area contributed by atoms with Gasteiger partial charge in [0.15, 0.2) is 11.5 Å². The van der Waals surface area contributed by atoms with Crippen LogP contribution in [-0.2, 0) is 10.9 Å². The van der Waals surface area contributed by atoms with Crippen molar-refractivity contribution in [3.8, 4) is 11.5 Å². The van der Waals surface area contributed by atoms with Crippen LogP contribution in [0.3, 0.4) is 0 Å². The van der Waals surface area contributed by atoms with Gasteiger partial charge in [-0.2, -0.15) is 0 Å². The topological polar surface area (TPSA) is 102 Å². The minimum Gasteiger partial charge on any atom is -0.493 e. The molecule has 1 aromatic heterocycles. The van der Waals surface area contributed by atoms with Gasteiger partial charge in [0.25, 0.3) is 0 Å². The first-order valence-corrected chi connectivity index (χ1v) is 9.32. The minimum atomic E-state index is -2.54. The summed E-state index contributed by atoms with van der Waals surface area (Å²) in [6.45, 7) is 0. The van der Waals surface area contributed by atoms with Crippen LogP contribution >= 0.6 is 0 Å². The molecule has 2 N–H and O–H groups in total. The molecule has 0 spiro atoms. The van der Waals surface area contributed by atoms with Crippen molar-refractivity contribution in [1.29, 1.82) is 0 Å². The van der Waals surface area contributed by atoms with E-state index in [1.165, 1.54) is 6.33 Å². The molecule has 136 valence electrons. The van der Waals surface area contributed by atoms with Gasteiger partial charge >= 0.3 is 0 Å². The Morgan fingerprint density at radius 2 is 1.64 bits per heavy atom. The van der Waals surface area contributed by atoms with Gasteiger partial charge in [-0.05, 0) is 31.7 Å². The van der Waals surface area contributed by atoms with E-state index in [0.717, 1.165) is 42.4 Å². The zero-order chi connectivity index (χ0) is 17.8. The summed E-state index contributed by atoms with van der Waals surface area (Å²) in [6, 6.07) is 3.97. The number of hydrogen-bond donors (Lipinski definition) is 3. The summed E-state index contributed by atoms with van der Waals surface area (Å²) < 4.78 is 34.8. The van der Waals surface area contributed by atoms with E-state index in [0.29, 0.717) is 11.5 Å². The standard InChI is InChI=1S/C16H22N4O4S/c1-23-14-7-12-13(8-15(14)24-2)17-9-18-16(12)19-10-3-5-11(6-4-10)20-25(21)22/h7-11,25H,3-6H2,1-2H3,(H,17,18,19)(H,20,21,22). The number of anilines is 1. The molecule has 0 unspecified atom stereocenters. The highest BCUT2D eigenvalue weighted by atomic mass is 32.2. The van der Waals surface area contributed by atoms with Crippen LogP contribution in [0.25, 0.3) is 10.9 Å². The van der Waals surface area contributed by atoms with Crippen molar-refractivity contribution in [1.82, 2.24) is 14.7 Å². The number of methoxy groups -OCH3 is 2. The predicted octanol–water partition coefficient (Wildman–Crippen LogP) is 1.49. The Kier molecular flexibility index (Phi) is 5.54. The third-order valence-corrected chi connectivity index (χ3v) is 5.07. The van der Waals surface area contributed by atoms with E-state index < -0.39 is 10.9 Å². The van der Waals surface area contributed by atoms with E-state index in [2.05, 4.69) is 20.0 Å². The summed E-state index contributed by atoms with van der Waals surface area (Å²) >= 11 is 0. The van der Waals surface area contributed by atoms with Crippen LogP contribution in [-0.4, -0.2) is 44.7 Å². The van der Waals surface area contributed by atoms with Crippen LogP contribution in [0.2, 0.25) is 0 Å². The van der Waals surface area contributed by atoms with E-state index in [1.807, 2.05) is 12.1 Å². The van der Waals surface area contributed by atoms with Crippen molar-refractivity contribution in [3.05, 3.63) is 18.5 Å². The molecular weight excluding hydrogens is 344 g/mol. The van der Waals surface area contributed by atoms with Gasteiger partial charge in [-0.25, -0.2) is 23.1 Å². The number of rotatable bonds is 6. The maximum atomic E-state index is 10.8. The van der Waals surface area contributed by atoms with E-state index >= 15 is 0 Å². The van der Waals surface area contributed by atoms with Crippen molar-refractivity contribution in [3.63, 3.8) is 0 Å². The molecule has 0 radical (unpaired) electrons. The highest BCUT2D eigenvalue weighted by Gasteiger charge is 2.22. The van der Waals surface area contributed by atoms with Gasteiger partial charge in [0.2, 0.25) is 10.9 Å². The maximum Gasteiger partial charge on any atom is 0.201 e. The molecular formula is C16H22N4O4S. The van der Waals surface area contributed by atoms with E-state index in [4.69, 9.17) is 9.47 Å². The summed E-state index contributed by atoms with van der Waals surface area (Å²) in [7, 11) is 0.646. The molecule has 1 heterocycles. The fourth-order valence-electron chi connectivity index (χ4n) is 3.21. The monoisotopic (exact) mass is 366 g/mol. The van der Waals surface area contributed by atoms with E-state index in [1.54, 1.807) is 14.2 Å². The summed E-state index contributed by atoms with van der Waals surface area (Å²) in [5, 5.41) is 4.32. The van der Waals surface area contributed by atoms with E-state index in [-0.39, 0.29) is 12.1 Å². The average molecular weight is 366 g/mol. The molecule has 1 saturated carbocycles. The Balaban J connectivity index is 1.78. The lowest BCUT2D eigenvalue weighted by molar-refractivity contribution is 0.355. The van der Waals surface area contributed by atoms with Gasteiger partial charge in [0.05, 0.1) is 19.7 Å². The van der Waals surface area contributed by atoms with Crippen molar-refractivity contribution in [2.45, 2.75) is 37.8 Å². The second-order valence-corrected chi connectivity index (χ2v) is 6.80. The van der Waals surface area contributed by atoms with Crippen LogP contribution in [0.5, 0.6) is 11.5 Å². The van der Waals surface area contributed by atoms with Crippen LogP contribution in [0.15, 0.2) is 18.5 Å². The largest absolute Gasteiger partial charge is 0.493 e. The number of aromatic nitrogens is 2. The van der Waals surface area contributed by atoms with Crippen LogP contribution in [0.4, 0.5) is 5.82 Å². The zero-order valence-electron chi connectivity index (χ0n) is 14.2. The lowest BCUT2D eigenvalue weighted by Gasteiger charge is -2.28. The molecule has 0 atom stereocenters. The number of nitrogens with one attached hydrogen (secondary N) is 2. The second kappa shape index (κ2) is 7.83. The number of benzene rings is 1. The van der Waals surface area contributed by atoms with Gasteiger partial charge in [0.1, 0.15) is 12.1 Å². The van der Waals surface area contributed by atoms with Crippen LogP contribution in [0.1, 0.15) is 25.7 Å². The highest BCUT2D eigenvalue weighted by molar-refractivity contribution is 7.70. The highest BCUT2D eigenvalue weighted by Crippen LogP contribution is 2.34. The van der Waals surface area contributed by atoms with E-state index in [9.17, 15) is 8.42 Å². The van der Waals surface area contributed by atoms with Gasteiger partial charge in [-0.1, -0.05) is 0 Å². The molecule has 25 heavy (non-hydrogen) atoms. The lowest BCUT2D eigenvalue weighted by atomic mass is 9.92. The fraction of sp³-hybridized carbons (Fsp3) is 0.500. The van der Waals surface area contributed by atoms with Gasteiger partial charge in [-0.15, -0.1) is 0 Å². The first-order chi connectivity index (χ1) is 12.1. The van der Waals surface area contributed by atoms with Gasteiger partial charge < -0.3 is 14.8 Å². The zero-order valence-corrected chi connectivity index (χ0v) is 15.1. The van der Waals surface area contributed by atoms with Crippen molar-refractivity contribution in [2.24, 2.45) is 0 Å². The Morgan fingerprint density at radius 3 is 2.28 bits per heavy atom. The third kappa shape index (κ3) is 4.10. The Morgan fingerprint density at radius 1 is 1.00 bits per heavy atom. The molecule has 2 aromatic rings. The first-order valence-electron chi connectivity index (χ1n) is 8.14. The molecule has 1 aliphatic carbocycles. The second-order valence-electron chi connectivity index (χ2n) is 6.03. The molecule has 3 rings (SSSR count). The molecule has 1 aromatic carbocycles. The lowest BCUT2D eigenvalue weighted by Crippen LogP contribution is -2.36. The van der Waals surface area contributed by atoms with Crippen molar-refractivity contribution < 1.29 is 17.9 Å². The number of hydrogen-bond acceptors (Lipinski definition) is 7. The summed E-state index contributed by atoms with van der Waals surface area (Å²) in [5.74, 6) is 2.00. The summed E-state index contributed by atoms with van der Waals surface area (Å²) in [4.78, 5) is 8.67. The SMILES string of the molecule is COc1cc2ncnc(NC3CCC(N[SH](=O)=O)CC3)c2cc1OC. The van der Waals surface area contributed by atoms with Gasteiger partial charge in [-0.3, -0.25) is 0 Å². The Hall–Kier alpha value is -2.13. The molecule has 1 fully saturated rings. The summed E-state index contributed by atoms with van der Waals surface area (Å²) in [5.41, 5.74) is 0.772. The quantitative estimate of drug-likeness (QED) is 0.666. The molecule has 0 aliphatic heterocycles. The fourth-order valence-corrected chi connectivity index (χ4v) is 3.76. The predicted molar refractivity (Wildman–Crippen MR) is 95.8 cm³/mol. The third-order valence-electron chi connectivity index (χ3n) is 4.50. The normalized spacial score (nSPS) is 20.6. The first kappa shape index (κ1) is 17.7. The molecule has 9 heteroatoms. The van der Waals surface area contributed by atoms with Crippen molar-refractivity contribution in [2.75, 3.05) is 19.5 Å². The number of fused-ring (bicyclic) bond motifs is 1. The number of nitrogens with zero attached hydrogens (tertiary/aromatic N) is 2. The molecule has 0 bridgehead atoms. The van der Waals surface area contributed by atoms with Crippen molar-refractivity contribution >= 4 is 27.6 Å². The molecule has 8 nitrogen and oxygen atoms in total. The Bertz CT molecular complexity index is 811.